The second-order valence-corrected chi connectivity index (χ2v) is 16.8. The standard InChI is InChI=1S/C42H48F2N6O6/c1-5-28-31(43)11-10-26-19-27(51)20-29(33(26)28)35-34(44)36-30(21-45-35)37(48-15-8-17-54-18-16-48)47-38(46-36)55-25-41-12-6-9-32(41)49(14-7-13-41)22-42(53)23-50(24-42)39(52)56-40(2,3)4/h1,10-11,19-21,32,51,53H,6-9,12-18,22-25H2,2-4H3/t32-,41-/m1/s1. The van der Waals surface area contributed by atoms with Gasteiger partial charge in [0.15, 0.2) is 5.82 Å². The molecule has 56 heavy (non-hydrogen) atoms. The third-order valence-corrected chi connectivity index (χ3v) is 11.6. The number of likely N-dealkylation sites (tertiary alicyclic amines) is 2. The SMILES string of the molecule is C#Cc1c(F)ccc2cc(O)cc(-c3ncc4c(N5CCCOCC5)nc(OC[C@]56CCC[C@H]5N(CC5(O)CN(C(=O)OC(C)(C)C)C5)CCC6)nc4c3F)c12. The van der Waals surface area contributed by atoms with Gasteiger partial charge in [-0.2, -0.15) is 9.97 Å². The molecule has 2 N–H and O–H groups in total. The summed E-state index contributed by atoms with van der Waals surface area (Å²) in [5.74, 6) is 1.27. The first-order chi connectivity index (χ1) is 26.8. The van der Waals surface area contributed by atoms with Crippen LogP contribution < -0.4 is 9.64 Å². The van der Waals surface area contributed by atoms with Crippen molar-refractivity contribution in [1.82, 2.24) is 24.8 Å². The van der Waals surface area contributed by atoms with Gasteiger partial charge >= 0.3 is 12.1 Å². The van der Waals surface area contributed by atoms with Crippen molar-refractivity contribution in [2.75, 3.05) is 64.0 Å². The van der Waals surface area contributed by atoms with Crippen molar-refractivity contribution in [2.45, 2.75) is 76.5 Å². The number of amides is 1. The molecule has 0 bridgehead atoms. The van der Waals surface area contributed by atoms with E-state index in [0.717, 1.165) is 45.1 Å². The summed E-state index contributed by atoms with van der Waals surface area (Å²) in [6.45, 7) is 9.64. The number of ether oxygens (including phenoxy) is 3. The summed E-state index contributed by atoms with van der Waals surface area (Å²) in [5.41, 5.74) is -1.99. The van der Waals surface area contributed by atoms with E-state index >= 15 is 4.39 Å². The maximum absolute atomic E-state index is 17.0. The average molecular weight is 771 g/mol. The number of aromatic hydroxyl groups is 1. The molecule has 2 aromatic carbocycles. The number of fused-ring (bicyclic) bond motifs is 3. The second kappa shape index (κ2) is 14.6. The Balaban J connectivity index is 1.11. The summed E-state index contributed by atoms with van der Waals surface area (Å²) in [5, 5.41) is 23.2. The number of pyridine rings is 1. The van der Waals surface area contributed by atoms with E-state index in [2.05, 4.69) is 20.8 Å². The summed E-state index contributed by atoms with van der Waals surface area (Å²) in [6.07, 6.45) is 12.2. The lowest BCUT2D eigenvalue weighted by molar-refractivity contribution is -0.128. The van der Waals surface area contributed by atoms with Crippen molar-refractivity contribution in [3.05, 3.63) is 47.7 Å². The molecular formula is C42H48F2N6O6. The highest BCUT2D eigenvalue weighted by Gasteiger charge is 2.53. The molecule has 12 nitrogen and oxygen atoms in total. The molecular weight excluding hydrogens is 722 g/mol. The zero-order chi connectivity index (χ0) is 39.4. The molecule has 296 valence electrons. The number of β-amino-alcohol motifs (C(OH)–C–C–N with tert-alkyl or cyclic N) is 1. The van der Waals surface area contributed by atoms with Crippen molar-refractivity contribution in [1.29, 1.82) is 0 Å². The van der Waals surface area contributed by atoms with E-state index in [-0.39, 0.29) is 64.0 Å². The van der Waals surface area contributed by atoms with Crippen molar-refractivity contribution in [3.63, 3.8) is 0 Å². The Labute approximate surface area is 324 Å². The number of aliphatic hydroxyl groups is 1. The minimum atomic E-state index is -1.03. The van der Waals surface area contributed by atoms with Crippen LogP contribution in [0.3, 0.4) is 0 Å². The molecule has 2 aromatic heterocycles. The van der Waals surface area contributed by atoms with Crippen molar-refractivity contribution >= 4 is 33.6 Å². The minimum absolute atomic E-state index is 0.0209. The lowest BCUT2D eigenvalue weighted by Gasteiger charge is -2.52. The van der Waals surface area contributed by atoms with Gasteiger partial charge in [-0.25, -0.2) is 13.6 Å². The molecule has 8 rings (SSSR count). The van der Waals surface area contributed by atoms with E-state index in [4.69, 9.17) is 25.6 Å². The predicted molar refractivity (Wildman–Crippen MR) is 207 cm³/mol. The number of aromatic nitrogens is 3. The zero-order valence-corrected chi connectivity index (χ0v) is 32.1. The molecule has 3 saturated heterocycles. The second-order valence-electron chi connectivity index (χ2n) is 16.8. The number of piperidine rings is 1. The number of hydrogen-bond donors (Lipinski definition) is 2. The number of halogens is 2. The van der Waals surface area contributed by atoms with Crippen molar-refractivity contribution < 1.29 is 38.0 Å². The Morgan fingerprint density at radius 2 is 1.89 bits per heavy atom. The Morgan fingerprint density at radius 1 is 1.09 bits per heavy atom. The molecule has 1 amide bonds. The van der Waals surface area contributed by atoms with E-state index in [1.54, 1.807) is 4.90 Å². The number of nitrogens with zero attached hydrogens (tertiary/aromatic N) is 6. The quantitative estimate of drug-likeness (QED) is 0.214. The smallest absolute Gasteiger partial charge is 0.410 e. The molecule has 0 radical (unpaired) electrons. The fourth-order valence-electron chi connectivity index (χ4n) is 9.23. The van der Waals surface area contributed by atoms with Crippen molar-refractivity contribution in [3.8, 4) is 35.4 Å². The number of terminal acetylenes is 1. The number of phenols is 1. The number of carbonyl (C=O) groups excluding carboxylic acids is 1. The summed E-state index contributed by atoms with van der Waals surface area (Å²) < 4.78 is 49.7. The minimum Gasteiger partial charge on any atom is -0.508 e. The molecule has 2 atom stereocenters. The van der Waals surface area contributed by atoms with Gasteiger partial charge in [-0.05, 0) is 83.0 Å². The average Bonchev–Trinajstić information content (AvgIpc) is 3.39. The van der Waals surface area contributed by atoms with E-state index in [9.17, 15) is 19.4 Å². The molecule has 1 aliphatic carbocycles. The third-order valence-electron chi connectivity index (χ3n) is 11.6. The highest BCUT2D eigenvalue weighted by molar-refractivity contribution is 6.03. The van der Waals surface area contributed by atoms with Gasteiger partial charge in [-0.15, -0.1) is 6.42 Å². The fraction of sp³-hybridized carbons (Fsp3) is 0.524. The molecule has 4 aromatic rings. The molecule has 0 spiro atoms. The van der Waals surface area contributed by atoms with Gasteiger partial charge in [0, 0.05) is 54.8 Å². The molecule has 5 heterocycles. The van der Waals surface area contributed by atoms with E-state index in [1.807, 2.05) is 25.7 Å². The van der Waals surface area contributed by atoms with Crippen LogP contribution in [0.2, 0.25) is 0 Å². The van der Waals surface area contributed by atoms with Gasteiger partial charge in [0.05, 0.1) is 37.3 Å². The summed E-state index contributed by atoms with van der Waals surface area (Å²) in [4.78, 5) is 32.6. The number of anilines is 1. The first kappa shape index (κ1) is 38.1. The maximum atomic E-state index is 17.0. The molecule has 1 saturated carbocycles. The Bertz CT molecular complexity index is 2210. The van der Waals surface area contributed by atoms with Crippen LogP contribution in [-0.2, 0) is 9.47 Å². The maximum Gasteiger partial charge on any atom is 0.410 e. The number of carbonyl (C=O) groups is 1. The zero-order valence-electron chi connectivity index (χ0n) is 32.1. The third kappa shape index (κ3) is 7.16. The van der Waals surface area contributed by atoms with Crippen LogP contribution in [0.15, 0.2) is 30.5 Å². The summed E-state index contributed by atoms with van der Waals surface area (Å²) in [6, 6.07) is 5.63. The van der Waals surface area contributed by atoms with Gasteiger partial charge in [0.2, 0.25) is 0 Å². The van der Waals surface area contributed by atoms with Crippen LogP contribution in [-0.4, -0.2) is 117 Å². The number of rotatable bonds is 7. The Morgan fingerprint density at radius 3 is 2.68 bits per heavy atom. The molecule has 3 aliphatic heterocycles. The van der Waals surface area contributed by atoms with Gasteiger partial charge in [-0.3, -0.25) is 9.88 Å². The molecule has 0 unspecified atom stereocenters. The lowest BCUT2D eigenvalue weighted by atomic mass is 9.75. The molecule has 4 aliphatic rings. The lowest BCUT2D eigenvalue weighted by Crippen LogP contribution is -2.69. The molecule has 4 fully saturated rings. The summed E-state index contributed by atoms with van der Waals surface area (Å²) >= 11 is 0. The summed E-state index contributed by atoms with van der Waals surface area (Å²) in [7, 11) is 0. The highest BCUT2D eigenvalue weighted by atomic mass is 19.1. The van der Waals surface area contributed by atoms with Gasteiger partial charge in [-0.1, -0.05) is 18.4 Å². The Hall–Kier alpha value is -4.84. The number of phenolic OH excluding ortho intramolecular Hbond substituents is 1. The van der Waals surface area contributed by atoms with E-state index < -0.39 is 28.9 Å². The van der Waals surface area contributed by atoms with Gasteiger partial charge < -0.3 is 34.2 Å². The first-order valence-electron chi connectivity index (χ1n) is 19.4. The first-order valence-corrected chi connectivity index (χ1v) is 19.4. The van der Waals surface area contributed by atoms with Crippen LogP contribution >= 0.6 is 0 Å². The predicted octanol–water partition coefficient (Wildman–Crippen LogP) is 6.03. The topological polar surface area (TPSA) is 134 Å². The van der Waals surface area contributed by atoms with E-state index in [0.29, 0.717) is 56.0 Å². The monoisotopic (exact) mass is 770 g/mol. The van der Waals surface area contributed by atoms with Crippen LogP contribution in [0.1, 0.15) is 64.9 Å². The number of benzene rings is 2. The number of hydrogen-bond acceptors (Lipinski definition) is 11. The largest absolute Gasteiger partial charge is 0.508 e. The van der Waals surface area contributed by atoms with Crippen LogP contribution in [0.25, 0.3) is 32.9 Å². The van der Waals surface area contributed by atoms with Crippen LogP contribution in [0.4, 0.5) is 19.4 Å². The van der Waals surface area contributed by atoms with Crippen LogP contribution in [0.5, 0.6) is 11.8 Å². The fourth-order valence-corrected chi connectivity index (χ4v) is 9.23. The normalized spacial score (nSPS) is 22.7. The van der Waals surface area contributed by atoms with Crippen LogP contribution in [0, 0.1) is 29.4 Å². The van der Waals surface area contributed by atoms with E-state index in [1.165, 1.54) is 30.5 Å². The van der Waals surface area contributed by atoms with Crippen molar-refractivity contribution in [2.24, 2.45) is 5.41 Å². The van der Waals surface area contributed by atoms with Gasteiger partial charge in [0.25, 0.3) is 0 Å². The highest BCUT2D eigenvalue weighted by Crippen LogP contribution is 2.49. The van der Waals surface area contributed by atoms with Gasteiger partial charge in [0.1, 0.15) is 39.8 Å². The Kier molecular flexibility index (Phi) is 9.91. The molecule has 14 heteroatoms.